The van der Waals surface area contributed by atoms with Crippen molar-refractivity contribution in [2.45, 2.75) is 0 Å². The van der Waals surface area contributed by atoms with Gasteiger partial charge in [-0.15, -0.1) is 0 Å². The molecule has 5 nitrogen and oxygen atoms in total. The molecule has 0 aliphatic rings. The minimum atomic E-state index is -0.342. The highest BCUT2D eigenvalue weighted by Crippen LogP contribution is 2.20. The molecule has 0 aromatic heterocycles. The van der Waals surface area contributed by atoms with Crippen molar-refractivity contribution >= 4 is 23.5 Å². The van der Waals surface area contributed by atoms with E-state index in [1.165, 1.54) is 6.21 Å². The number of nitrogens with one attached hydrogen (secondary N) is 2. The van der Waals surface area contributed by atoms with E-state index in [1.807, 2.05) is 42.5 Å². The van der Waals surface area contributed by atoms with Gasteiger partial charge in [-0.3, -0.25) is 4.79 Å². The minimum Gasteiger partial charge on any atom is -0.507 e. The van der Waals surface area contributed by atoms with Gasteiger partial charge in [0.15, 0.2) is 0 Å². The van der Waals surface area contributed by atoms with Crippen LogP contribution in [-0.2, 0) is 0 Å². The van der Waals surface area contributed by atoms with Crippen LogP contribution >= 0.6 is 0 Å². The molecule has 1 amide bonds. The molecule has 0 atom stereocenters. The molecule has 3 aromatic rings. The van der Waals surface area contributed by atoms with E-state index < -0.39 is 0 Å². The maximum atomic E-state index is 12.4. The van der Waals surface area contributed by atoms with Crippen molar-refractivity contribution in [3.05, 3.63) is 90.0 Å². The first-order valence-electron chi connectivity index (χ1n) is 7.76. The Morgan fingerprint density at radius 3 is 2.36 bits per heavy atom. The van der Waals surface area contributed by atoms with Gasteiger partial charge in [-0.25, -0.2) is 5.43 Å². The quantitative estimate of drug-likeness (QED) is 0.490. The summed E-state index contributed by atoms with van der Waals surface area (Å²) in [7, 11) is 0. The average molecular weight is 331 g/mol. The van der Waals surface area contributed by atoms with E-state index in [0.29, 0.717) is 16.8 Å². The van der Waals surface area contributed by atoms with E-state index in [4.69, 9.17) is 0 Å². The Kier molecular flexibility index (Phi) is 5.07. The second-order valence-corrected chi connectivity index (χ2v) is 5.29. The van der Waals surface area contributed by atoms with Gasteiger partial charge in [-0.05, 0) is 36.4 Å². The lowest BCUT2D eigenvalue weighted by Crippen LogP contribution is -2.18. The van der Waals surface area contributed by atoms with Crippen molar-refractivity contribution in [3.8, 4) is 5.75 Å². The molecule has 0 fully saturated rings. The maximum absolute atomic E-state index is 12.4. The number of phenols is 1. The molecule has 0 heterocycles. The van der Waals surface area contributed by atoms with Gasteiger partial charge in [0.05, 0.1) is 17.5 Å². The fourth-order valence-corrected chi connectivity index (χ4v) is 2.28. The number of carbonyl (C=O) groups is 1. The van der Waals surface area contributed by atoms with Crippen molar-refractivity contribution in [3.63, 3.8) is 0 Å². The Bertz CT molecular complexity index is 892. The number of amides is 1. The van der Waals surface area contributed by atoms with Gasteiger partial charge in [0.2, 0.25) is 0 Å². The molecule has 3 rings (SSSR count). The zero-order chi connectivity index (χ0) is 17.5. The third kappa shape index (κ3) is 4.23. The topological polar surface area (TPSA) is 73.7 Å². The summed E-state index contributed by atoms with van der Waals surface area (Å²) < 4.78 is 0. The van der Waals surface area contributed by atoms with Gasteiger partial charge in [-0.1, -0.05) is 42.5 Å². The molecule has 0 saturated heterocycles. The van der Waals surface area contributed by atoms with Crippen LogP contribution in [0.2, 0.25) is 0 Å². The predicted molar refractivity (Wildman–Crippen MR) is 99.3 cm³/mol. The molecular formula is C20H17N3O2. The largest absolute Gasteiger partial charge is 0.507 e. The average Bonchev–Trinajstić information content (AvgIpc) is 2.64. The highest BCUT2D eigenvalue weighted by molar-refractivity contribution is 6.00. The van der Waals surface area contributed by atoms with E-state index in [1.54, 1.807) is 36.4 Å². The SMILES string of the molecule is O=C(N/N=C/c1ccccc1O)c1ccccc1Nc1ccccc1. The second kappa shape index (κ2) is 7.79. The number of hydrogen-bond acceptors (Lipinski definition) is 4. The van der Waals surface area contributed by atoms with E-state index >= 15 is 0 Å². The summed E-state index contributed by atoms with van der Waals surface area (Å²) in [5.74, 6) is -0.239. The smallest absolute Gasteiger partial charge is 0.273 e. The molecule has 3 aromatic carbocycles. The van der Waals surface area contributed by atoms with Crippen molar-refractivity contribution < 1.29 is 9.90 Å². The number of para-hydroxylation sites is 3. The number of benzene rings is 3. The first-order chi connectivity index (χ1) is 12.2. The lowest BCUT2D eigenvalue weighted by Gasteiger charge is -2.10. The van der Waals surface area contributed by atoms with Crippen LogP contribution in [0.25, 0.3) is 0 Å². The number of anilines is 2. The van der Waals surface area contributed by atoms with E-state index in [0.717, 1.165) is 5.69 Å². The Labute approximate surface area is 145 Å². The Hall–Kier alpha value is -3.60. The molecular weight excluding hydrogens is 314 g/mol. The first-order valence-corrected chi connectivity index (χ1v) is 7.76. The predicted octanol–water partition coefficient (Wildman–Crippen LogP) is 3.90. The van der Waals surface area contributed by atoms with Crippen molar-refractivity contribution in [1.82, 2.24) is 5.43 Å². The summed E-state index contributed by atoms with van der Waals surface area (Å²) in [4.78, 5) is 12.4. The number of hydrogen-bond donors (Lipinski definition) is 3. The lowest BCUT2D eigenvalue weighted by atomic mass is 10.1. The molecule has 3 N–H and O–H groups in total. The Balaban J connectivity index is 1.73. The maximum Gasteiger partial charge on any atom is 0.273 e. The zero-order valence-electron chi connectivity index (χ0n) is 13.4. The molecule has 0 saturated carbocycles. The van der Waals surface area contributed by atoms with Crippen LogP contribution in [0.15, 0.2) is 84.0 Å². The van der Waals surface area contributed by atoms with E-state index in [2.05, 4.69) is 15.8 Å². The molecule has 0 spiro atoms. The third-order valence-electron chi connectivity index (χ3n) is 3.53. The van der Waals surface area contributed by atoms with E-state index in [9.17, 15) is 9.90 Å². The minimum absolute atomic E-state index is 0.103. The second-order valence-electron chi connectivity index (χ2n) is 5.29. The molecule has 0 unspecified atom stereocenters. The number of aromatic hydroxyl groups is 1. The lowest BCUT2D eigenvalue weighted by molar-refractivity contribution is 0.0956. The highest BCUT2D eigenvalue weighted by Gasteiger charge is 2.10. The summed E-state index contributed by atoms with van der Waals surface area (Å²) in [5, 5.41) is 16.8. The zero-order valence-corrected chi connectivity index (χ0v) is 13.4. The Morgan fingerprint density at radius 1 is 0.880 bits per heavy atom. The van der Waals surface area contributed by atoms with Crippen LogP contribution in [0.5, 0.6) is 5.75 Å². The van der Waals surface area contributed by atoms with Gasteiger partial charge in [0, 0.05) is 11.3 Å². The van der Waals surface area contributed by atoms with Gasteiger partial charge in [0.25, 0.3) is 5.91 Å². The number of nitrogens with zero attached hydrogens (tertiary/aromatic N) is 1. The van der Waals surface area contributed by atoms with Crippen molar-refractivity contribution in [2.24, 2.45) is 5.10 Å². The molecule has 5 heteroatoms. The van der Waals surface area contributed by atoms with Crippen LogP contribution in [0.4, 0.5) is 11.4 Å². The molecule has 0 aliphatic carbocycles. The van der Waals surface area contributed by atoms with Gasteiger partial charge >= 0.3 is 0 Å². The molecule has 124 valence electrons. The normalized spacial score (nSPS) is 10.6. The van der Waals surface area contributed by atoms with Crippen molar-refractivity contribution in [2.75, 3.05) is 5.32 Å². The molecule has 0 aliphatic heterocycles. The molecule has 0 radical (unpaired) electrons. The third-order valence-corrected chi connectivity index (χ3v) is 3.53. The van der Waals surface area contributed by atoms with Gasteiger partial charge in [-0.2, -0.15) is 5.10 Å². The number of phenolic OH excluding ortho intramolecular Hbond substituents is 1. The monoisotopic (exact) mass is 331 g/mol. The highest BCUT2D eigenvalue weighted by atomic mass is 16.3. The number of rotatable bonds is 5. The van der Waals surface area contributed by atoms with Crippen LogP contribution in [0.3, 0.4) is 0 Å². The van der Waals surface area contributed by atoms with Gasteiger partial charge < -0.3 is 10.4 Å². The van der Waals surface area contributed by atoms with Crippen LogP contribution in [-0.4, -0.2) is 17.2 Å². The summed E-state index contributed by atoms with van der Waals surface area (Å²) in [6.07, 6.45) is 1.40. The fourth-order valence-electron chi connectivity index (χ4n) is 2.28. The fraction of sp³-hybridized carbons (Fsp3) is 0. The van der Waals surface area contributed by atoms with E-state index in [-0.39, 0.29) is 11.7 Å². The molecule has 0 bridgehead atoms. The van der Waals surface area contributed by atoms with Crippen molar-refractivity contribution in [1.29, 1.82) is 0 Å². The summed E-state index contributed by atoms with van der Waals surface area (Å²) in [5.41, 5.74) is 5.05. The standard InChI is InChI=1S/C20H17N3O2/c24-19-13-7-4-8-15(19)14-21-23-20(25)17-11-5-6-12-18(17)22-16-9-2-1-3-10-16/h1-14,22,24H,(H,23,25)/b21-14+. The van der Waals surface area contributed by atoms with Crippen LogP contribution < -0.4 is 10.7 Å². The van der Waals surface area contributed by atoms with Crippen LogP contribution in [0, 0.1) is 0 Å². The molecule has 25 heavy (non-hydrogen) atoms. The summed E-state index contributed by atoms with van der Waals surface area (Å²) in [6, 6.07) is 23.6. The number of hydrazone groups is 1. The first kappa shape index (κ1) is 16.3. The number of carbonyl (C=O) groups excluding carboxylic acids is 1. The Morgan fingerprint density at radius 2 is 1.56 bits per heavy atom. The summed E-state index contributed by atoms with van der Waals surface area (Å²) >= 11 is 0. The summed E-state index contributed by atoms with van der Waals surface area (Å²) in [6.45, 7) is 0. The van der Waals surface area contributed by atoms with Crippen LogP contribution in [0.1, 0.15) is 15.9 Å². The van der Waals surface area contributed by atoms with Gasteiger partial charge in [0.1, 0.15) is 5.75 Å².